The van der Waals surface area contributed by atoms with Crippen molar-refractivity contribution in [1.82, 2.24) is 0 Å². The van der Waals surface area contributed by atoms with Crippen LogP contribution in [0.15, 0.2) is 146 Å². The Morgan fingerprint density at radius 3 is 0.922 bits per heavy atom. The predicted molar refractivity (Wildman–Crippen MR) is 502 cm³/mol. The molecule has 0 spiro atoms. The molecule has 0 saturated carbocycles. The molecule has 0 radical (unpaired) electrons. The van der Waals surface area contributed by atoms with Crippen LogP contribution in [0.1, 0.15) is 124 Å². The molecule has 29 heteroatoms. The van der Waals surface area contributed by atoms with E-state index in [1.54, 1.807) is 21.3 Å². The molecule has 29 nitrogen and oxygen atoms in total. The van der Waals surface area contributed by atoms with Crippen LogP contribution in [-0.4, -0.2) is 352 Å². The van der Waals surface area contributed by atoms with Crippen molar-refractivity contribution in [2.75, 3.05) is 287 Å². The fourth-order valence-electron chi connectivity index (χ4n) is 12.2. The Hall–Kier alpha value is -7.92. The van der Waals surface area contributed by atoms with Crippen molar-refractivity contribution in [3.63, 3.8) is 0 Å². The zero-order valence-corrected chi connectivity index (χ0v) is 82.6. The highest BCUT2D eigenvalue weighted by molar-refractivity contribution is 5.72. The van der Waals surface area contributed by atoms with Gasteiger partial charge in [-0.15, -0.1) is 0 Å². The highest BCUT2D eigenvalue weighted by Gasteiger charge is 2.34. The molecule has 128 heavy (non-hydrogen) atoms. The number of benzene rings is 5. The van der Waals surface area contributed by atoms with Gasteiger partial charge in [0.05, 0.1) is 115 Å². The third-order valence-electron chi connectivity index (χ3n) is 20.7. The number of hydrogen-bond acceptors (Lipinski definition) is 22. The average Bonchev–Trinajstić information content (AvgIpc) is 0.796. The van der Waals surface area contributed by atoms with Crippen molar-refractivity contribution in [3.8, 4) is 5.75 Å². The lowest BCUT2D eigenvalue weighted by molar-refractivity contribution is -0.904. The van der Waals surface area contributed by atoms with Gasteiger partial charge >= 0.3 is 35.8 Å². The summed E-state index contributed by atoms with van der Waals surface area (Å²) in [6.07, 6.45) is 1.71. The van der Waals surface area contributed by atoms with Gasteiger partial charge in [-0.1, -0.05) is 175 Å². The van der Waals surface area contributed by atoms with Crippen LogP contribution < -0.4 is 24.3 Å². The Kier molecular flexibility index (Phi) is 73.2. The molecule has 0 bridgehead atoms. The predicted octanol–water partition coefficient (Wildman–Crippen LogP) is 5.06. The van der Waals surface area contributed by atoms with Crippen LogP contribution in [0.5, 0.6) is 5.75 Å². The molecule has 0 atom stereocenters. The minimum atomic E-state index is -0.334. The highest BCUT2D eigenvalue weighted by atomic mass is 16.6. The van der Waals surface area contributed by atoms with Crippen LogP contribution in [0.4, 0.5) is 0 Å². The monoisotopic (exact) mass is 1810 g/mol. The zero-order chi connectivity index (χ0) is 96.2. The molecule has 730 valence electrons. The molecule has 0 unspecified atom stereocenters. The van der Waals surface area contributed by atoms with Crippen molar-refractivity contribution < 1.29 is 139 Å². The molecule has 0 aliphatic rings. The number of esters is 6. The molecule has 7 N–H and O–H groups in total. The second-order valence-corrected chi connectivity index (χ2v) is 34.5. The fourth-order valence-corrected chi connectivity index (χ4v) is 12.2. The smallest absolute Gasteiger partial charge is 0.310 e. The van der Waals surface area contributed by atoms with Gasteiger partial charge in [0.1, 0.15) is 170 Å². The summed E-state index contributed by atoms with van der Waals surface area (Å²) in [4.78, 5) is 70.6. The van der Waals surface area contributed by atoms with Crippen molar-refractivity contribution in [1.29, 1.82) is 0 Å². The average molecular weight is 1810 g/mol. The number of nitrogens with one attached hydrogen (secondary N) is 4. The van der Waals surface area contributed by atoms with E-state index in [2.05, 4.69) is 180 Å². The van der Waals surface area contributed by atoms with E-state index in [1.807, 2.05) is 63.2 Å². The first kappa shape index (κ1) is 122. The highest BCUT2D eigenvalue weighted by Crippen LogP contribution is 2.41. The molecular weight excluding hydrogens is 1640 g/mol. The summed E-state index contributed by atoms with van der Waals surface area (Å²) in [5, 5.41) is 25.5. The van der Waals surface area contributed by atoms with Gasteiger partial charge in [-0.2, -0.15) is 0 Å². The summed E-state index contributed by atoms with van der Waals surface area (Å²) < 4.78 is 70.0. The van der Waals surface area contributed by atoms with Crippen molar-refractivity contribution in [2.45, 2.75) is 127 Å². The number of hydrogen-bond donors (Lipinski definition) is 7. The molecule has 0 saturated heterocycles. The Balaban J connectivity index is 0. The molecule has 0 aliphatic heterocycles. The molecule has 5 aromatic rings. The lowest BCUT2D eigenvalue weighted by Gasteiger charge is -2.39. The van der Waals surface area contributed by atoms with Gasteiger partial charge in [0.25, 0.3) is 0 Å². The maximum atomic E-state index is 11.8. The van der Waals surface area contributed by atoms with E-state index in [4.69, 9.17) is 76.9 Å². The Bertz CT molecular complexity index is 3400. The second-order valence-electron chi connectivity index (χ2n) is 34.5. The number of carbonyl (C=O) groups excluding carboxylic acids is 6. The lowest BCUT2D eigenvalue weighted by Crippen LogP contribution is -3.13. The zero-order valence-electron chi connectivity index (χ0n) is 82.6. The minimum absolute atomic E-state index is 0.0859. The number of quaternary nitrogens is 7. The van der Waals surface area contributed by atoms with Gasteiger partial charge in [0.2, 0.25) is 0 Å². The van der Waals surface area contributed by atoms with E-state index in [0.29, 0.717) is 85.1 Å². The third-order valence-corrected chi connectivity index (χ3v) is 20.7. The van der Waals surface area contributed by atoms with Crippen LogP contribution in [0.25, 0.3) is 0 Å². The van der Waals surface area contributed by atoms with E-state index in [-0.39, 0.29) is 86.3 Å². The standard InChI is InChI=1S/C26H40NO2.C19H24NO2.C15H24NO2.C12H21NO6.C12H25NO4.C9H21NO3.C6H15NO3/c1-25(2,3)26(4,5)23-13-15-24(16-14-23)29-20-19-28-18-17-27(6,7)21-22-11-9-8-10-12-22;1-20(2,16-18-11-7-4-8-12-18)13-14-22-19(21)15-17-9-5-3-6-10-17;1-4-8-15(17)18-12-11-16(2,3)13-14-9-6-5-7-10-14;1-10(14)17-7-4-13(5-8-18-11(2)15)6-9-19-12(3)16;1-4-15-9-6-13(7-10-16-5-2)8-11-17-12(3)14;1-11-7-4-10(5-8-12-2)6-9-13-3;8-4-1-7(2-5-9)3-6-10/h8-16H,17-21H2,1-7H3;3-12H,13-16H2,1-2H3;5-7,9-10H,4,8,11-13H2,1-3H3;4-9H2,1-3H3;4-11H2,1-3H3;4-9H2,1-3H3;8-10H,1-6H2/q3*+1;;;;/p+4. The van der Waals surface area contributed by atoms with Crippen LogP contribution in [0.3, 0.4) is 0 Å². The van der Waals surface area contributed by atoms with Gasteiger partial charge in [-0.25, -0.2) is 0 Å². The first-order valence-electron chi connectivity index (χ1n) is 45.5. The van der Waals surface area contributed by atoms with Crippen molar-refractivity contribution in [2.24, 2.45) is 5.41 Å². The van der Waals surface area contributed by atoms with E-state index in [0.717, 1.165) is 172 Å². The molecular formula is C99H174N7O22+7. The van der Waals surface area contributed by atoms with E-state index in [1.165, 1.54) is 59.7 Å². The number of aliphatic hydroxyl groups is 3. The van der Waals surface area contributed by atoms with Crippen LogP contribution >= 0.6 is 0 Å². The van der Waals surface area contributed by atoms with Crippen molar-refractivity contribution >= 4 is 35.8 Å². The Labute approximate surface area is 770 Å². The number of ether oxygens (including phenoxy) is 13. The van der Waals surface area contributed by atoms with Crippen molar-refractivity contribution in [3.05, 3.63) is 173 Å². The summed E-state index contributed by atoms with van der Waals surface area (Å²) in [6, 6.07) is 49.6. The van der Waals surface area contributed by atoms with Gasteiger partial charge in [0.15, 0.2) is 0 Å². The maximum absolute atomic E-state index is 11.8. The number of likely N-dealkylation sites (N-methyl/N-ethyl adjacent to an activating group) is 3. The van der Waals surface area contributed by atoms with E-state index in [9.17, 15) is 28.8 Å². The molecule has 0 fully saturated rings. The number of rotatable bonds is 59. The summed E-state index contributed by atoms with van der Waals surface area (Å²) in [7, 11) is 18.3. The van der Waals surface area contributed by atoms with Gasteiger partial charge < -0.3 is 110 Å². The van der Waals surface area contributed by atoms with Crippen LogP contribution in [0, 0.1) is 5.41 Å². The topological polar surface area (TPSA) is 301 Å². The lowest BCUT2D eigenvalue weighted by atomic mass is 9.65. The third kappa shape index (κ3) is 71.9. The largest absolute Gasteiger partial charge is 0.491 e. The molecule has 5 aromatic carbocycles. The summed E-state index contributed by atoms with van der Waals surface area (Å²) in [5.41, 5.74) is 6.61. The number of methoxy groups -OCH3 is 3. The normalized spacial score (nSPS) is 11.3. The molecule has 0 heterocycles. The molecule has 5 rings (SSSR count). The van der Waals surface area contributed by atoms with Gasteiger partial charge in [-0.05, 0) is 54.4 Å². The Morgan fingerprint density at radius 1 is 0.328 bits per heavy atom. The van der Waals surface area contributed by atoms with Crippen LogP contribution in [-0.2, 0) is 117 Å². The second kappa shape index (κ2) is 76.8. The van der Waals surface area contributed by atoms with E-state index < -0.39 is 0 Å². The van der Waals surface area contributed by atoms with Gasteiger partial charge in [0, 0.05) is 85.3 Å². The summed E-state index contributed by atoms with van der Waals surface area (Å²) in [6.45, 7) is 47.4. The van der Waals surface area contributed by atoms with Gasteiger partial charge in [-0.3, -0.25) is 28.8 Å². The number of aliphatic hydroxyl groups excluding tert-OH is 3. The van der Waals surface area contributed by atoms with E-state index >= 15 is 0 Å². The van der Waals surface area contributed by atoms with Crippen LogP contribution in [0.2, 0.25) is 0 Å². The SMILES string of the molecule is CC(=O)OCC[NH+](CCOC(C)=O)CCOC(C)=O.CC(C)(C)C(C)(C)c1ccc(OCCOCC[N+](C)(C)Cc2ccccc2)cc1.CCCC(=O)OCC[N+](C)(C)Cc1ccccc1.CCOCC[NH+](CCOCC)CCOC(C)=O.COCC[NH+](CCOC)CCOC.C[N+](C)(CCOC(=O)Cc1ccccc1)Cc1ccccc1.OCC[NH+](CCO)CCO. The summed E-state index contributed by atoms with van der Waals surface area (Å²) >= 11 is 0. The summed E-state index contributed by atoms with van der Waals surface area (Å²) in [5.74, 6) is -0.567. The fraction of sp³-hybridized carbons (Fsp3) is 0.636. The number of nitrogens with zero attached hydrogens (tertiary/aromatic N) is 3. The Morgan fingerprint density at radius 2 is 0.625 bits per heavy atom. The molecule has 0 amide bonds. The maximum Gasteiger partial charge on any atom is 0.310 e. The number of carbonyl (C=O) groups is 6. The first-order valence-corrected chi connectivity index (χ1v) is 45.5. The first-order chi connectivity index (χ1) is 60.9. The minimum Gasteiger partial charge on any atom is -0.491 e. The molecule has 0 aliphatic carbocycles. The molecule has 0 aromatic heterocycles. The quantitative estimate of drug-likeness (QED) is 0.0116.